The Hall–Kier alpha value is -2.46. The lowest BCUT2D eigenvalue weighted by molar-refractivity contribution is -0.132. The minimum atomic E-state index is -4.31. The highest BCUT2D eigenvalue weighted by Crippen LogP contribution is 2.26. The molecule has 0 aliphatic carbocycles. The number of carbonyl (C=O) groups excluding carboxylic acids is 1. The van der Waals surface area contributed by atoms with E-state index in [2.05, 4.69) is 5.32 Å². The number of nitrogens with zero attached hydrogens (tertiary/aromatic N) is 1. The van der Waals surface area contributed by atoms with Crippen LogP contribution in [-0.2, 0) is 14.8 Å². The average molecular weight is 420 g/mol. The number of hydrogen-bond donors (Lipinski definition) is 3. The summed E-state index contributed by atoms with van der Waals surface area (Å²) >= 11 is 0. The lowest BCUT2D eigenvalue weighted by atomic mass is 9.91. The number of carbonyl (C=O) groups is 1. The molecule has 29 heavy (non-hydrogen) atoms. The summed E-state index contributed by atoms with van der Waals surface area (Å²) in [5.41, 5.74) is 5.40. The fourth-order valence-corrected chi connectivity index (χ4v) is 4.55. The molecule has 0 aromatic heterocycles. The summed E-state index contributed by atoms with van der Waals surface area (Å²) in [5.74, 6) is 0.294. The predicted octanol–water partition coefficient (Wildman–Crippen LogP) is 2.10. The summed E-state index contributed by atoms with van der Waals surface area (Å²) in [7, 11) is -4.31. The van der Waals surface area contributed by atoms with Gasteiger partial charge in [0, 0.05) is 0 Å². The zero-order valence-corrected chi connectivity index (χ0v) is 16.7. The van der Waals surface area contributed by atoms with Crippen molar-refractivity contribution in [3.8, 4) is 11.5 Å². The summed E-state index contributed by atoms with van der Waals surface area (Å²) in [4.78, 5) is 11.7. The normalized spacial score (nSPS) is 16.5. The molecule has 1 atom stereocenters. The van der Waals surface area contributed by atoms with Gasteiger partial charge in [0.2, 0.25) is 5.91 Å². The first-order chi connectivity index (χ1) is 13.9. The van der Waals surface area contributed by atoms with Gasteiger partial charge in [-0.25, -0.2) is 8.42 Å². The summed E-state index contributed by atoms with van der Waals surface area (Å²) in [6, 6.07) is 13.4. The Morgan fingerprint density at radius 2 is 1.69 bits per heavy atom. The smallest absolute Gasteiger partial charge is 0.265 e. The molecule has 156 valence electrons. The van der Waals surface area contributed by atoms with Crippen molar-refractivity contribution in [3.05, 3.63) is 54.6 Å². The Morgan fingerprint density at radius 3 is 2.28 bits per heavy atom. The molecule has 8 nitrogen and oxygen atoms in total. The lowest BCUT2D eigenvalue weighted by Gasteiger charge is -2.29. The minimum absolute atomic E-state index is 0.102. The van der Waals surface area contributed by atoms with E-state index in [1.165, 1.54) is 24.3 Å². The first kappa shape index (κ1) is 21.3. The maximum absolute atomic E-state index is 12.8. The lowest BCUT2D eigenvalue weighted by Crippen LogP contribution is -2.47. The molecule has 1 heterocycles. The van der Waals surface area contributed by atoms with Crippen molar-refractivity contribution in [2.24, 2.45) is 11.7 Å². The van der Waals surface area contributed by atoms with Gasteiger partial charge in [-0.2, -0.15) is 0 Å². The fraction of sp³-hybridized carbons (Fsp3) is 0.350. The van der Waals surface area contributed by atoms with Crippen LogP contribution in [0.25, 0.3) is 0 Å². The average Bonchev–Trinajstić information content (AvgIpc) is 2.73. The van der Waals surface area contributed by atoms with E-state index in [0.29, 0.717) is 11.5 Å². The zero-order valence-electron chi connectivity index (χ0n) is 15.9. The van der Waals surface area contributed by atoms with Crippen molar-refractivity contribution in [2.45, 2.75) is 30.2 Å². The van der Waals surface area contributed by atoms with Crippen molar-refractivity contribution in [1.29, 1.82) is 0 Å². The van der Waals surface area contributed by atoms with Gasteiger partial charge >= 0.3 is 0 Å². The van der Waals surface area contributed by atoms with E-state index >= 15 is 0 Å². The maximum Gasteiger partial charge on any atom is 0.265 e. The molecule has 0 radical (unpaired) electrons. The van der Waals surface area contributed by atoms with Gasteiger partial charge in [0.25, 0.3) is 10.0 Å². The third kappa shape index (κ3) is 5.33. The fourth-order valence-electron chi connectivity index (χ4n) is 3.33. The second-order valence-electron chi connectivity index (χ2n) is 7.01. The van der Waals surface area contributed by atoms with E-state index in [-0.39, 0.29) is 21.7 Å². The van der Waals surface area contributed by atoms with E-state index in [4.69, 9.17) is 10.5 Å². The molecule has 2 aromatic rings. The second-order valence-corrected chi connectivity index (χ2v) is 8.81. The number of hydrogen-bond acceptors (Lipinski definition) is 6. The number of amides is 1. The Morgan fingerprint density at radius 1 is 1.10 bits per heavy atom. The number of primary amides is 1. The Labute approximate surface area is 170 Å². The van der Waals surface area contributed by atoms with Crippen molar-refractivity contribution in [2.75, 3.05) is 13.1 Å². The van der Waals surface area contributed by atoms with Crippen LogP contribution < -0.4 is 15.8 Å². The van der Waals surface area contributed by atoms with Gasteiger partial charge in [-0.1, -0.05) is 22.7 Å². The molecule has 1 aliphatic rings. The number of nitrogens with two attached hydrogens (primary N) is 1. The number of para-hydroxylation sites is 1. The van der Waals surface area contributed by atoms with E-state index in [1.54, 1.807) is 12.1 Å². The highest BCUT2D eigenvalue weighted by Gasteiger charge is 2.36. The van der Waals surface area contributed by atoms with Gasteiger partial charge in [-0.15, -0.1) is 0 Å². The number of sulfonamides is 1. The van der Waals surface area contributed by atoms with E-state index in [1.807, 2.05) is 18.2 Å². The molecule has 0 spiro atoms. The topological polar surface area (TPSA) is 122 Å². The number of piperidine rings is 1. The molecule has 3 rings (SSSR count). The minimum Gasteiger partial charge on any atom is -0.457 e. The molecule has 0 unspecified atom stereocenters. The highest BCUT2D eigenvalue weighted by molar-refractivity contribution is 7.89. The summed E-state index contributed by atoms with van der Waals surface area (Å²) in [6.45, 7) is 1.58. The van der Waals surface area contributed by atoms with Crippen LogP contribution in [0.2, 0.25) is 0 Å². The van der Waals surface area contributed by atoms with Crippen LogP contribution in [-0.4, -0.2) is 43.1 Å². The van der Waals surface area contributed by atoms with E-state index in [0.717, 1.165) is 25.9 Å². The van der Waals surface area contributed by atoms with Gasteiger partial charge in [0.05, 0.1) is 4.90 Å². The van der Waals surface area contributed by atoms with Crippen LogP contribution in [0.5, 0.6) is 11.5 Å². The SMILES string of the molecule is NC(=O)[C@H](CC1CCNCC1)N(O)S(=O)(=O)c1ccc(Oc2ccccc2)cc1. The molecule has 4 N–H and O–H groups in total. The summed E-state index contributed by atoms with van der Waals surface area (Å²) in [5, 5.41) is 13.6. The first-order valence-electron chi connectivity index (χ1n) is 9.44. The number of hydroxylamine groups is 1. The van der Waals surface area contributed by atoms with Crippen LogP contribution in [0.4, 0.5) is 0 Å². The van der Waals surface area contributed by atoms with Crippen LogP contribution in [0, 0.1) is 5.92 Å². The second kappa shape index (κ2) is 9.36. The van der Waals surface area contributed by atoms with Crippen LogP contribution in [0.15, 0.2) is 59.5 Å². The van der Waals surface area contributed by atoms with E-state index < -0.39 is 22.0 Å². The van der Waals surface area contributed by atoms with Crippen LogP contribution in [0.1, 0.15) is 19.3 Å². The molecule has 1 fully saturated rings. The highest BCUT2D eigenvalue weighted by atomic mass is 32.2. The molecule has 0 bridgehead atoms. The first-order valence-corrected chi connectivity index (χ1v) is 10.9. The van der Waals surface area contributed by atoms with Gasteiger partial charge in [-0.3, -0.25) is 10.0 Å². The number of benzene rings is 2. The molecule has 0 saturated carbocycles. The van der Waals surface area contributed by atoms with Gasteiger partial charge < -0.3 is 15.8 Å². The molecule has 1 aliphatic heterocycles. The third-order valence-corrected chi connectivity index (χ3v) is 6.57. The zero-order chi connectivity index (χ0) is 20.9. The third-order valence-electron chi connectivity index (χ3n) is 4.96. The van der Waals surface area contributed by atoms with Gasteiger partial charge in [0.1, 0.15) is 17.5 Å². The van der Waals surface area contributed by atoms with Crippen molar-refractivity contribution in [3.63, 3.8) is 0 Å². The Kier molecular flexibility index (Phi) is 6.86. The predicted molar refractivity (Wildman–Crippen MR) is 107 cm³/mol. The number of ether oxygens (including phenoxy) is 1. The molecular weight excluding hydrogens is 394 g/mol. The molecule has 1 saturated heterocycles. The number of rotatable bonds is 8. The maximum atomic E-state index is 12.8. The van der Waals surface area contributed by atoms with E-state index in [9.17, 15) is 18.4 Å². The van der Waals surface area contributed by atoms with Gasteiger partial charge in [-0.05, 0) is 74.7 Å². The standard InChI is InChI=1S/C20H25N3O5S/c21-20(24)19(14-15-10-12-22-13-11-15)23(25)29(26,27)18-8-6-17(7-9-18)28-16-4-2-1-3-5-16/h1-9,15,19,22,25H,10-14H2,(H2,21,24)/t19-/m0/s1. The summed E-state index contributed by atoms with van der Waals surface area (Å²) in [6.07, 6.45) is 1.77. The molecule has 9 heteroatoms. The quantitative estimate of drug-likeness (QED) is 0.563. The monoisotopic (exact) mass is 419 g/mol. The summed E-state index contributed by atoms with van der Waals surface area (Å²) < 4.78 is 31.4. The van der Waals surface area contributed by atoms with Crippen molar-refractivity contribution in [1.82, 2.24) is 9.79 Å². The molecular formula is C20H25N3O5S. The largest absolute Gasteiger partial charge is 0.457 e. The molecule has 1 amide bonds. The van der Waals surface area contributed by atoms with Gasteiger partial charge in [0.15, 0.2) is 0 Å². The van der Waals surface area contributed by atoms with Crippen LogP contribution in [0.3, 0.4) is 0 Å². The molecule has 2 aromatic carbocycles. The van der Waals surface area contributed by atoms with Crippen LogP contribution >= 0.6 is 0 Å². The number of nitrogens with one attached hydrogen (secondary N) is 1. The van der Waals surface area contributed by atoms with Crippen molar-refractivity contribution < 1.29 is 23.2 Å². The Bertz CT molecular complexity index is 913. The Balaban J connectivity index is 1.74. The van der Waals surface area contributed by atoms with Crippen molar-refractivity contribution >= 4 is 15.9 Å².